The van der Waals surface area contributed by atoms with Crippen LogP contribution in [0.2, 0.25) is 0 Å². The van der Waals surface area contributed by atoms with Gasteiger partial charge in [0.05, 0.1) is 0 Å². The number of hydrogen-bond donors (Lipinski definition) is 0. The quantitative estimate of drug-likeness (QED) is 0.786. The van der Waals surface area contributed by atoms with E-state index in [9.17, 15) is 9.59 Å². The van der Waals surface area contributed by atoms with E-state index in [0.717, 1.165) is 0 Å². The van der Waals surface area contributed by atoms with E-state index < -0.39 is 17.2 Å². The molecule has 19 heavy (non-hydrogen) atoms. The van der Waals surface area contributed by atoms with Gasteiger partial charge in [0.15, 0.2) is 6.29 Å². The van der Waals surface area contributed by atoms with Crippen LogP contribution in [0.3, 0.4) is 0 Å². The summed E-state index contributed by atoms with van der Waals surface area (Å²) in [5.74, 6) is 0.570. The summed E-state index contributed by atoms with van der Waals surface area (Å²) >= 11 is 0. The van der Waals surface area contributed by atoms with Gasteiger partial charge in [0.2, 0.25) is 0 Å². The maximum absolute atomic E-state index is 12.0. The van der Waals surface area contributed by atoms with Crippen LogP contribution in [0.1, 0.15) is 39.1 Å². The van der Waals surface area contributed by atoms with Crippen molar-refractivity contribution in [3.63, 3.8) is 0 Å². The Balaban J connectivity index is 3.02. The highest BCUT2D eigenvalue weighted by molar-refractivity contribution is 5.77. The van der Waals surface area contributed by atoms with Crippen molar-refractivity contribution in [2.75, 3.05) is 7.05 Å². The Labute approximate surface area is 112 Å². The van der Waals surface area contributed by atoms with E-state index in [0.29, 0.717) is 17.7 Å². The lowest BCUT2D eigenvalue weighted by Crippen LogP contribution is -2.48. The molecule has 0 saturated carbocycles. The predicted molar refractivity (Wildman–Crippen MR) is 68.7 cm³/mol. The van der Waals surface area contributed by atoms with Gasteiger partial charge < -0.3 is 14.1 Å². The first-order valence-corrected chi connectivity index (χ1v) is 5.97. The van der Waals surface area contributed by atoms with Crippen molar-refractivity contribution in [2.24, 2.45) is 0 Å². The fourth-order valence-electron chi connectivity index (χ4n) is 1.44. The predicted octanol–water partition coefficient (Wildman–Crippen LogP) is 2.26. The number of carbonyl (C=O) groups is 2. The SMILES string of the molecule is Cc1cc(C(C)(C=O)N(C)C(=O)OC(C)(C)C)no1. The molecule has 0 bridgehead atoms. The molecular formula is C13H20N2O4. The average Bonchev–Trinajstić information content (AvgIpc) is 2.72. The summed E-state index contributed by atoms with van der Waals surface area (Å²) in [4.78, 5) is 24.7. The summed E-state index contributed by atoms with van der Waals surface area (Å²) < 4.78 is 10.2. The van der Waals surface area contributed by atoms with Gasteiger partial charge in [-0.1, -0.05) is 5.16 Å². The van der Waals surface area contributed by atoms with Gasteiger partial charge in [-0.2, -0.15) is 0 Å². The van der Waals surface area contributed by atoms with Gasteiger partial charge in [-0.15, -0.1) is 0 Å². The van der Waals surface area contributed by atoms with Gasteiger partial charge >= 0.3 is 6.09 Å². The monoisotopic (exact) mass is 268 g/mol. The van der Waals surface area contributed by atoms with E-state index in [-0.39, 0.29) is 0 Å². The Morgan fingerprint density at radius 3 is 2.37 bits per heavy atom. The van der Waals surface area contributed by atoms with Crippen LogP contribution in [0.15, 0.2) is 10.6 Å². The molecule has 1 aromatic heterocycles. The number of hydrogen-bond acceptors (Lipinski definition) is 5. The summed E-state index contributed by atoms with van der Waals surface area (Å²) in [6.45, 7) is 8.59. The summed E-state index contributed by atoms with van der Waals surface area (Å²) in [5.41, 5.74) is -1.48. The minimum absolute atomic E-state index is 0.369. The number of ether oxygens (including phenoxy) is 1. The van der Waals surface area contributed by atoms with Crippen LogP contribution in [0.4, 0.5) is 4.79 Å². The Bertz CT molecular complexity index is 475. The zero-order chi connectivity index (χ0) is 14.8. The maximum Gasteiger partial charge on any atom is 0.411 e. The second-order valence-corrected chi connectivity index (χ2v) is 5.63. The Morgan fingerprint density at radius 2 is 2.00 bits per heavy atom. The Kier molecular flexibility index (Phi) is 4.03. The van der Waals surface area contributed by atoms with Crippen molar-refractivity contribution in [2.45, 2.75) is 45.8 Å². The minimum Gasteiger partial charge on any atom is -0.444 e. The van der Waals surface area contributed by atoms with Crippen molar-refractivity contribution in [3.8, 4) is 0 Å². The number of aryl methyl sites for hydroxylation is 1. The fourth-order valence-corrected chi connectivity index (χ4v) is 1.44. The molecule has 0 aromatic carbocycles. The van der Waals surface area contributed by atoms with Crippen molar-refractivity contribution in [1.29, 1.82) is 0 Å². The van der Waals surface area contributed by atoms with Crippen molar-refractivity contribution >= 4 is 12.4 Å². The first-order chi connectivity index (χ1) is 8.60. The number of carbonyl (C=O) groups excluding carboxylic acids is 2. The van der Waals surface area contributed by atoms with Gasteiger partial charge in [0, 0.05) is 13.1 Å². The van der Waals surface area contributed by atoms with Crippen LogP contribution in [-0.4, -0.2) is 35.1 Å². The largest absolute Gasteiger partial charge is 0.444 e. The number of aldehydes is 1. The third-order valence-corrected chi connectivity index (χ3v) is 2.74. The summed E-state index contributed by atoms with van der Waals surface area (Å²) in [6.07, 6.45) is 0.0524. The average molecular weight is 268 g/mol. The molecular weight excluding hydrogens is 248 g/mol. The number of rotatable bonds is 3. The normalized spacial score (nSPS) is 14.6. The lowest BCUT2D eigenvalue weighted by molar-refractivity contribution is -0.117. The third-order valence-electron chi connectivity index (χ3n) is 2.74. The molecule has 0 aliphatic heterocycles. The van der Waals surface area contributed by atoms with E-state index in [4.69, 9.17) is 9.26 Å². The van der Waals surface area contributed by atoms with Crippen LogP contribution < -0.4 is 0 Å². The molecule has 0 radical (unpaired) electrons. The highest BCUT2D eigenvalue weighted by Gasteiger charge is 2.39. The molecule has 0 saturated heterocycles. The molecule has 6 nitrogen and oxygen atoms in total. The Hall–Kier alpha value is -1.85. The molecule has 1 amide bonds. The smallest absolute Gasteiger partial charge is 0.411 e. The standard InChI is InChI=1S/C13H20N2O4/c1-9-7-10(14-19-9)13(5,8-16)15(6)11(17)18-12(2,3)4/h7-8H,1-6H3. The van der Waals surface area contributed by atoms with E-state index in [1.165, 1.54) is 11.9 Å². The van der Waals surface area contributed by atoms with Crippen molar-refractivity contribution in [3.05, 3.63) is 17.5 Å². The second-order valence-electron chi connectivity index (χ2n) is 5.63. The number of aromatic nitrogens is 1. The van der Waals surface area contributed by atoms with Crippen molar-refractivity contribution < 1.29 is 18.8 Å². The molecule has 1 heterocycles. The molecule has 1 aromatic rings. The second kappa shape index (κ2) is 5.03. The van der Waals surface area contributed by atoms with E-state index in [1.54, 1.807) is 40.7 Å². The molecule has 0 aliphatic rings. The summed E-state index contributed by atoms with van der Waals surface area (Å²) in [5, 5.41) is 3.80. The summed E-state index contributed by atoms with van der Waals surface area (Å²) in [6, 6.07) is 1.62. The van der Waals surface area contributed by atoms with E-state index in [2.05, 4.69) is 5.16 Å². The third kappa shape index (κ3) is 3.33. The maximum atomic E-state index is 12.0. The van der Waals surface area contributed by atoms with Gasteiger partial charge in [-0.05, 0) is 34.6 Å². The lowest BCUT2D eigenvalue weighted by atomic mass is 9.98. The zero-order valence-electron chi connectivity index (χ0n) is 12.2. The summed E-state index contributed by atoms with van der Waals surface area (Å²) in [7, 11) is 1.49. The van der Waals surface area contributed by atoms with Crippen LogP contribution in [0.5, 0.6) is 0 Å². The van der Waals surface area contributed by atoms with Gasteiger partial charge in [-0.3, -0.25) is 4.90 Å². The molecule has 0 aliphatic carbocycles. The molecule has 0 spiro atoms. The van der Waals surface area contributed by atoms with Gasteiger partial charge in [-0.25, -0.2) is 4.79 Å². The van der Waals surface area contributed by atoms with Crippen LogP contribution in [-0.2, 0) is 15.1 Å². The molecule has 6 heteroatoms. The molecule has 1 atom stereocenters. The van der Waals surface area contributed by atoms with E-state index >= 15 is 0 Å². The first kappa shape index (κ1) is 15.2. The molecule has 0 N–H and O–H groups in total. The molecule has 106 valence electrons. The molecule has 1 rings (SSSR count). The van der Waals surface area contributed by atoms with Crippen molar-refractivity contribution in [1.82, 2.24) is 10.1 Å². The fraction of sp³-hybridized carbons (Fsp3) is 0.615. The molecule has 0 fully saturated rings. The topological polar surface area (TPSA) is 72.6 Å². The first-order valence-electron chi connectivity index (χ1n) is 5.97. The van der Waals surface area contributed by atoms with Crippen LogP contribution in [0.25, 0.3) is 0 Å². The number of nitrogens with zero attached hydrogens (tertiary/aromatic N) is 2. The highest BCUT2D eigenvalue weighted by atomic mass is 16.6. The highest BCUT2D eigenvalue weighted by Crippen LogP contribution is 2.26. The zero-order valence-corrected chi connectivity index (χ0v) is 12.2. The van der Waals surface area contributed by atoms with Gasteiger partial charge in [0.1, 0.15) is 22.6 Å². The van der Waals surface area contributed by atoms with Crippen LogP contribution in [0, 0.1) is 6.92 Å². The lowest BCUT2D eigenvalue weighted by Gasteiger charge is -2.33. The molecule has 1 unspecified atom stereocenters. The van der Waals surface area contributed by atoms with Crippen LogP contribution >= 0.6 is 0 Å². The minimum atomic E-state index is -1.22. The van der Waals surface area contributed by atoms with E-state index in [1.807, 2.05) is 0 Å². The number of amides is 1. The van der Waals surface area contributed by atoms with Gasteiger partial charge in [0.25, 0.3) is 0 Å². The number of likely N-dealkylation sites (N-methyl/N-ethyl adjacent to an activating group) is 1. The Morgan fingerprint density at radius 1 is 1.42 bits per heavy atom.